The van der Waals surface area contributed by atoms with Crippen molar-refractivity contribution in [1.29, 1.82) is 0 Å². The fourth-order valence-corrected chi connectivity index (χ4v) is 2.29. The first kappa shape index (κ1) is 13.0. The summed E-state index contributed by atoms with van der Waals surface area (Å²) < 4.78 is 4.80. The number of ether oxygens (including phenoxy) is 1. The first-order valence-electron chi connectivity index (χ1n) is 5.53. The number of carbonyl (C=O) groups is 2. The molecule has 1 saturated carbocycles. The predicted molar refractivity (Wildman–Crippen MR) is 55.7 cm³/mol. The summed E-state index contributed by atoms with van der Waals surface area (Å²) >= 11 is 0. The lowest BCUT2D eigenvalue weighted by molar-refractivity contribution is -0.174. The van der Waals surface area contributed by atoms with E-state index in [0.717, 1.165) is 6.42 Å². The highest BCUT2D eigenvalue weighted by Gasteiger charge is 2.53. The van der Waals surface area contributed by atoms with Gasteiger partial charge in [-0.25, -0.2) is 0 Å². The second kappa shape index (κ2) is 4.82. The molecule has 92 valence electrons. The minimum absolute atomic E-state index is 0.143. The van der Waals surface area contributed by atoms with E-state index in [1.165, 1.54) is 6.92 Å². The number of carboxylic acids is 1. The van der Waals surface area contributed by atoms with E-state index in [2.05, 4.69) is 0 Å². The van der Waals surface area contributed by atoms with Gasteiger partial charge in [0.1, 0.15) is 0 Å². The second-order valence-corrected chi connectivity index (χ2v) is 4.33. The van der Waals surface area contributed by atoms with Crippen LogP contribution in [0.5, 0.6) is 0 Å². The molecule has 0 amide bonds. The summed E-state index contributed by atoms with van der Waals surface area (Å²) in [7, 11) is 0. The van der Waals surface area contributed by atoms with Crippen LogP contribution < -0.4 is 0 Å². The van der Waals surface area contributed by atoms with Gasteiger partial charge in [-0.3, -0.25) is 9.59 Å². The lowest BCUT2D eigenvalue weighted by Gasteiger charge is -2.30. The number of rotatable bonds is 4. The molecule has 0 aromatic carbocycles. The van der Waals surface area contributed by atoms with Gasteiger partial charge in [-0.05, 0) is 26.7 Å². The van der Waals surface area contributed by atoms with Crippen LogP contribution in [0.25, 0.3) is 0 Å². The Morgan fingerprint density at radius 3 is 2.44 bits per heavy atom. The number of carbonyl (C=O) groups excluding carboxylic acids is 1. The van der Waals surface area contributed by atoms with E-state index in [0.29, 0.717) is 12.8 Å². The highest BCUT2D eigenvalue weighted by atomic mass is 16.5. The highest BCUT2D eigenvalue weighted by molar-refractivity contribution is 5.99. The van der Waals surface area contributed by atoms with Crippen molar-refractivity contribution in [2.24, 2.45) is 11.3 Å². The van der Waals surface area contributed by atoms with Crippen molar-refractivity contribution in [1.82, 2.24) is 0 Å². The Bertz CT molecular complexity index is 288. The maximum absolute atomic E-state index is 11.7. The van der Waals surface area contributed by atoms with Crippen molar-refractivity contribution in [3.8, 4) is 0 Å². The molecule has 1 aliphatic carbocycles. The monoisotopic (exact) mass is 230 g/mol. The molecule has 2 N–H and O–H groups in total. The van der Waals surface area contributed by atoms with Gasteiger partial charge in [0.05, 0.1) is 12.7 Å². The van der Waals surface area contributed by atoms with E-state index < -0.39 is 29.4 Å². The third-order valence-electron chi connectivity index (χ3n) is 3.36. The lowest BCUT2D eigenvalue weighted by atomic mass is 9.75. The molecule has 0 aromatic heterocycles. The first-order chi connectivity index (χ1) is 7.44. The SMILES string of the molecule is CCOC(=O)C(C)(C(=O)O)C1CCCC1O. The Kier molecular flexibility index (Phi) is 3.91. The molecule has 0 aromatic rings. The van der Waals surface area contributed by atoms with E-state index >= 15 is 0 Å². The van der Waals surface area contributed by atoms with Crippen LogP contribution in [0.15, 0.2) is 0 Å². The Balaban J connectivity index is 2.96. The number of hydrogen-bond acceptors (Lipinski definition) is 4. The van der Waals surface area contributed by atoms with Crippen LogP contribution in [0.3, 0.4) is 0 Å². The zero-order valence-electron chi connectivity index (χ0n) is 9.60. The molecule has 3 atom stereocenters. The summed E-state index contributed by atoms with van der Waals surface area (Å²) in [6.45, 7) is 3.11. The standard InChI is InChI=1S/C11H18O5/c1-3-16-10(15)11(2,9(13)14)7-5-4-6-8(7)12/h7-8,12H,3-6H2,1-2H3,(H,13,14). The zero-order valence-corrected chi connectivity index (χ0v) is 9.60. The number of carboxylic acid groups (broad SMARTS) is 1. The Morgan fingerprint density at radius 1 is 1.44 bits per heavy atom. The molecular weight excluding hydrogens is 212 g/mol. The maximum Gasteiger partial charge on any atom is 0.323 e. The van der Waals surface area contributed by atoms with Crippen molar-refractivity contribution in [2.75, 3.05) is 6.61 Å². The van der Waals surface area contributed by atoms with Crippen LogP contribution in [-0.4, -0.2) is 34.9 Å². The summed E-state index contributed by atoms with van der Waals surface area (Å²) in [6, 6.07) is 0. The van der Waals surface area contributed by atoms with Crippen molar-refractivity contribution < 1.29 is 24.5 Å². The molecule has 1 fully saturated rings. The van der Waals surface area contributed by atoms with Crippen molar-refractivity contribution in [3.05, 3.63) is 0 Å². The minimum atomic E-state index is -1.63. The fraction of sp³-hybridized carbons (Fsp3) is 0.818. The Morgan fingerprint density at radius 2 is 2.06 bits per heavy atom. The van der Waals surface area contributed by atoms with Crippen LogP contribution in [0.1, 0.15) is 33.1 Å². The van der Waals surface area contributed by atoms with Gasteiger partial charge in [-0.1, -0.05) is 6.42 Å². The highest BCUT2D eigenvalue weighted by Crippen LogP contribution is 2.41. The molecule has 5 nitrogen and oxygen atoms in total. The Labute approximate surface area is 94.4 Å². The van der Waals surface area contributed by atoms with Crippen molar-refractivity contribution in [3.63, 3.8) is 0 Å². The zero-order chi connectivity index (χ0) is 12.3. The number of esters is 1. The largest absolute Gasteiger partial charge is 0.480 e. The predicted octanol–water partition coefficient (Wildman–Crippen LogP) is 0.801. The average molecular weight is 230 g/mol. The summed E-state index contributed by atoms with van der Waals surface area (Å²) in [4.78, 5) is 23.0. The molecule has 1 aliphatic rings. The first-order valence-corrected chi connectivity index (χ1v) is 5.53. The molecule has 0 heterocycles. The van der Waals surface area contributed by atoms with Crippen LogP contribution in [-0.2, 0) is 14.3 Å². The van der Waals surface area contributed by atoms with E-state index in [9.17, 15) is 19.8 Å². The second-order valence-electron chi connectivity index (χ2n) is 4.33. The van der Waals surface area contributed by atoms with E-state index in [4.69, 9.17) is 4.74 Å². The molecule has 0 aliphatic heterocycles. The van der Waals surface area contributed by atoms with Gasteiger partial charge in [0, 0.05) is 5.92 Å². The van der Waals surface area contributed by atoms with Crippen molar-refractivity contribution in [2.45, 2.75) is 39.2 Å². The quantitative estimate of drug-likeness (QED) is 0.551. The summed E-state index contributed by atoms with van der Waals surface area (Å²) in [5, 5.41) is 18.9. The van der Waals surface area contributed by atoms with E-state index in [1.807, 2.05) is 0 Å². The minimum Gasteiger partial charge on any atom is -0.480 e. The molecule has 16 heavy (non-hydrogen) atoms. The van der Waals surface area contributed by atoms with Gasteiger partial charge in [-0.2, -0.15) is 0 Å². The van der Waals surface area contributed by atoms with Gasteiger partial charge in [-0.15, -0.1) is 0 Å². The third-order valence-corrected chi connectivity index (χ3v) is 3.36. The molecule has 3 unspecified atom stereocenters. The lowest BCUT2D eigenvalue weighted by Crippen LogP contribution is -2.47. The summed E-state index contributed by atoms with van der Waals surface area (Å²) in [5.41, 5.74) is -1.63. The number of aliphatic hydroxyl groups is 1. The van der Waals surface area contributed by atoms with E-state index in [-0.39, 0.29) is 6.61 Å². The van der Waals surface area contributed by atoms with Gasteiger partial charge in [0.15, 0.2) is 5.41 Å². The average Bonchev–Trinajstić information content (AvgIpc) is 2.63. The fourth-order valence-electron chi connectivity index (χ4n) is 2.29. The maximum atomic E-state index is 11.7. The smallest absolute Gasteiger partial charge is 0.323 e. The van der Waals surface area contributed by atoms with Crippen LogP contribution in [0.2, 0.25) is 0 Å². The molecule has 1 rings (SSSR count). The molecule has 5 heteroatoms. The van der Waals surface area contributed by atoms with Crippen LogP contribution in [0.4, 0.5) is 0 Å². The number of hydrogen-bond donors (Lipinski definition) is 2. The van der Waals surface area contributed by atoms with Crippen LogP contribution in [0, 0.1) is 11.3 Å². The van der Waals surface area contributed by atoms with Gasteiger partial charge < -0.3 is 14.9 Å². The van der Waals surface area contributed by atoms with Gasteiger partial charge >= 0.3 is 11.9 Å². The Hall–Kier alpha value is -1.10. The number of aliphatic carboxylic acids is 1. The van der Waals surface area contributed by atoms with E-state index in [1.54, 1.807) is 6.92 Å². The number of aliphatic hydroxyl groups excluding tert-OH is 1. The molecule has 0 saturated heterocycles. The molecular formula is C11H18O5. The summed E-state index contributed by atoms with van der Waals surface area (Å²) in [6.07, 6.45) is 1.11. The normalized spacial score (nSPS) is 28.4. The summed E-state index contributed by atoms with van der Waals surface area (Å²) in [5.74, 6) is -2.53. The molecule has 0 radical (unpaired) electrons. The van der Waals surface area contributed by atoms with Crippen molar-refractivity contribution >= 4 is 11.9 Å². The molecule has 0 bridgehead atoms. The molecule has 0 spiro atoms. The van der Waals surface area contributed by atoms with Gasteiger partial charge in [0.2, 0.25) is 0 Å². The van der Waals surface area contributed by atoms with Crippen LogP contribution >= 0.6 is 0 Å². The third kappa shape index (κ3) is 2.04. The topological polar surface area (TPSA) is 83.8 Å². The van der Waals surface area contributed by atoms with Gasteiger partial charge in [0.25, 0.3) is 0 Å².